The van der Waals surface area contributed by atoms with Crippen molar-refractivity contribution >= 4 is 24.0 Å². The van der Waals surface area contributed by atoms with Gasteiger partial charge in [-0.3, -0.25) is 25.6 Å². The van der Waals surface area contributed by atoms with E-state index in [1.165, 1.54) is 0 Å². The predicted octanol–water partition coefficient (Wildman–Crippen LogP) is 1.81. The van der Waals surface area contributed by atoms with Crippen molar-refractivity contribution in [2.75, 3.05) is 43.6 Å². The number of nitrogens with one attached hydrogen (secondary N) is 2. The molecule has 0 radical (unpaired) electrons. The minimum Gasteiger partial charge on any atom is -0.351 e. The van der Waals surface area contributed by atoms with Gasteiger partial charge in [-0.05, 0) is 26.3 Å². The summed E-state index contributed by atoms with van der Waals surface area (Å²) >= 11 is 0. The molecule has 184 valence electrons. The molecule has 1 aliphatic heterocycles. The van der Waals surface area contributed by atoms with Crippen molar-refractivity contribution in [1.82, 2.24) is 25.4 Å². The van der Waals surface area contributed by atoms with Gasteiger partial charge >= 0.3 is 0 Å². The number of aryl methyl sites for hydroxylation is 1. The van der Waals surface area contributed by atoms with Crippen molar-refractivity contribution in [1.29, 1.82) is 0 Å². The van der Waals surface area contributed by atoms with Crippen molar-refractivity contribution in [3.05, 3.63) is 11.6 Å². The Labute approximate surface area is 194 Å². The molecule has 2 heterocycles. The monoisotopic (exact) mass is 465 g/mol. The van der Waals surface area contributed by atoms with Crippen LogP contribution in [0.15, 0.2) is 0 Å². The van der Waals surface area contributed by atoms with E-state index in [1.807, 2.05) is 18.9 Å². The summed E-state index contributed by atoms with van der Waals surface area (Å²) in [7, 11) is 2.04. The van der Waals surface area contributed by atoms with Crippen LogP contribution in [0.1, 0.15) is 51.8 Å². The molecule has 0 aromatic carbocycles. The zero-order chi connectivity index (χ0) is 24.0. The van der Waals surface area contributed by atoms with Crippen molar-refractivity contribution in [2.45, 2.75) is 58.4 Å². The number of hydroxylamine groups is 2. The minimum absolute atomic E-state index is 0.0901. The molecule has 3 N–H and O–H groups in total. The van der Waals surface area contributed by atoms with E-state index in [2.05, 4.69) is 32.6 Å². The first-order chi connectivity index (χ1) is 15.8. The van der Waals surface area contributed by atoms with E-state index in [0.29, 0.717) is 42.7 Å². The molecule has 0 bridgehead atoms. The van der Waals surface area contributed by atoms with E-state index < -0.39 is 17.6 Å². The Morgan fingerprint density at radius 3 is 2.70 bits per heavy atom. The van der Waals surface area contributed by atoms with Crippen LogP contribution in [0.2, 0.25) is 0 Å². The molecule has 33 heavy (non-hydrogen) atoms. The summed E-state index contributed by atoms with van der Waals surface area (Å²) in [5, 5.41) is 10.1. The van der Waals surface area contributed by atoms with E-state index >= 15 is 4.39 Å². The quantitative estimate of drug-likeness (QED) is 0.272. The summed E-state index contributed by atoms with van der Waals surface area (Å²) < 4.78 is 15.4. The number of hydrogen-bond donors (Lipinski definition) is 3. The lowest BCUT2D eigenvalue weighted by Gasteiger charge is -2.38. The summed E-state index contributed by atoms with van der Waals surface area (Å²) in [6, 6.07) is 0.255. The summed E-state index contributed by atoms with van der Waals surface area (Å²) in [5.74, 6) is -0.684. The number of rotatable bonds is 10. The van der Waals surface area contributed by atoms with Crippen LogP contribution >= 0.6 is 0 Å². The minimum atomic E-state index is -0.621. The van der Waals surface area contributed by atoms with Crippen LogP contribution in [0.5, 0.6) is 0 Å². The Morgan fingerprint density at radius 2 is 2.06 bits per heavy atom. The maximum absolute atomic E-state index is 15.4. The van der Waals surface area contributed by atoms with Gasteiger partial charge < -0.3 is 9.80 Å². The maximum atomic E-state index is 15.4. The SMILES string of the molecule is CCc1nc(NNC(=O)[C@@H](CC2CCCC2)CN(O)C=O)c(F)c(N2CCN(C)[C@H](C)C2)n1. The third-order valence-corrected chi connectivity index (χ3v) is 6.75. The van der Waals surface area contributed by atoms with Crippen LogP contribution in [0.3, 0.4) is 0 Å². The first-order valence-corrected chi connectivity index (χ1v) is 11.8. The van der Waals surface area contributed by atoms with Gasteiger partial charge in [0.05, 0.1) is 12.5 Å². The highest BCUT2D eigenvalue weighted by Gasteiger charge is 2.29. The Kier molecular flexibility index (Phi) is 8.79. The number of aromatic nitrogens is 2. The molecule has 10 nitrogen and oxygen atoms in total. The number of likely N-dealkylation sites (N-methyl/N-ethyl adjacent to an activating group) is 1. The second-order valence-corrected chi connectivity index (χ2v) is 9.18. The van der Waals surface area contributed by atoms with Gasteiger partial charge in [0.2, 0.25) is 18.1 Å². The summed E-state index contributed by atoms with van der Waals surface area (Å²) in [5.41, 5.74) is 5.17. The number of nitrogens with zero attached hydrogens (tertiary/aromatic N) is 5. The Hall–Kier alpha value is -2.53. The Bertz CT molecular complexity index is 821. The first kappa shape index (κ1) is 25.1. The number of amides is 2. The smallest absolute Gasteiger partial charge is 0.243 e. The second kappa shape index (κ2) is 11.6. The maximum Gasteiger partial charge on any atom is 0.243 e. The third kappa shape index (κ3) is 6.50. The van der Waals surface area contributed by atoms with Gasteiger partial charge in [-0.2, -0.15) is 4.39 Å². The molecule has 2 fully saturated rings. The van der Waals surface area contributed by atoms with Gasteiger partial charge in [0, 0.05) is 32.1 Å². The highest BCUT2D eigenvalue weighted by atomic mass is 19.1. The fourth-order valence-electron chi connectivity index (χ4n) is 4.58. The standard InChI is InChI=1S/C22H36FN7O3/c1-4-18-24-20(19(23)21(25-18)29-10-9-28(3)15(2)12-29)26-27-22(32)17(13-30(33)14-31)11-16-7-5-6-8-16/h14-17,33H,4-13H2,1-3H3,(H,27,32)(H,24,25,26)/t15-,17+/m1/s1. The molecule has 0 spiro atoms. The van der Waals surface area contributed by atoms with Crippen molar-refractivity contribution in [3.8, 4) is 0 Å². The number of halogens is 1. The van der Waals surface area contributed by atoms with Gasteiger partial charge in [-0.1, -0.05) is 32.6 Å². The average Bonchev–Trinajstić information content (AvgIpc) is 3.32. The zero-order valence-corrected chi connectivity index (χ0v) is 19.8. The molecule has 1 aromatic heterocycles. The molecular weight excluding hydrogens is 429 g/mol. The number of anilines is 2. The number of piperazine rings is 1. The fourth-order valence-corrected chi connectivity index (χ4v) is 4.58. The zero-order valence-electron chi connectivity index (χ0n) is 19.8. The fraction of sp³-hybridized carbons (Fsp3) is 0.727. The highest BCUT2D eigenvalue weighted by Crippen LogP contribution is 2.31. The van der Waals surface area contributed by atoms with Crippen molar-refractivity contribution in [2.24, 2.45) is 11.8 Å². The van der Waals surface area contributed by atoms with E-state index in [9.17, 15) is 14.8 Å². The molecule has 1 saturated heterocycles. The molecule has 1 saturated carbocycles. The lowest BCUT2D eigenvalue weighted by Crippen LogP contribution is -2.50. The number of hydrogen-bond acceptors (Lipinski definition) is 8. The first-order valence-electron chi connectivity index (χ1n) is 11.8. The van der Waals surface area contributed by atoms with Gasteiger partial charge in [0.25, 0.3) is 0 Å². The predicted molar refractivity (Wildman–Crippen MR) is 122 cm³/mol. The number of carbonyl (C=O) groups excluding carboxylic acids is 2. The van der Waals surface area contributed by atoms with Crippen LogP contribution in [0, 0.1) is 17.7 Å². The normalized spacial score (nSPS) is 20.5. The summed E-state index contributed by atoms with van der Waals surface area (Å²) in [4.78, 5) is 36.5. The van der Waals surface area contributed by atoms with Gasteiger partial charge in [-0.15, -0.1) is 0 Å². The topological polar surface area (TPSA) is 114 Å². The summed E-state index contributed by atoms with van der Waals surface area (Å²) in [6.45, 7) is 5.93. The molecular formula is C22H36FN7O3. The molecule has 2 amide bonds. The molecule has 2 atom stereocenters. The molecule has 3 rings (SSSR count). The van der Waals surface area contributed by atoms with E-state index in [1.54, 1.807) is 0 Å². The van der Waals surface area contributed by atoms with E-state index in [0.717, 1.165) is 32.2 Å². The van der Waals surface area contributed by atoms with Crippen LogP contribution in [0.4, 0.5) is 16.0 Å². The lowest BCUT2D eigenvalue weighted by molar-refractivity contribution is -0.154. The van der Waals surface area contributed by atoms with Gasteiger partial charge in [-0.25, -0.2) is 15.0 Å². The van der Waals surface area contributed by atoms with Crippen LogP contribution < -0.4 is 15.8 Å². The molecule has 11 heteroatoms. The van der Waals surface area contributed by atoms with Gasteiger partial charge in [0.1, 0.15) is 5.82 Å². The average molecular weight is 466 g/mol. The highest BCUT2D eigenvalue weighted by molar-refractivity contribution is 5.80. The van der Waals surface area contributed by atoms with Crippen molar-refractivity contribution < 1.29 is 19.2 Å². The van der Waals surface area contributed by atoms with E-state index in [-0.39, 0.29) is 30.6 Å². The van der Waals surface area contributed by atoms with Gasteiger partial charge in [0.15, 0.2) is 11.6 Å². The van der Waals surface area contributed by atoms with Crippen LogP contribution in [-0.4, -0.2) is 76.7 Å². The lowest BCUT2D eigenvalue weighted by atomic mass is 9.92. The Morgan fingerprint density at radius 1 is 1.33 bits per heavy atom. The number of hydrazine groups is 1. The third-order valence-electron chi connectivity index (χ3n) is 6.75. The molecule has 1 aromatic rings. The van der Waals surface area contributed by atoms with Crippen LogP contribution in [-0.2, 0) is 16.0 Å². The summed E-state index contributed by atoms with van der Waals surface area (Å²) in [6.07, 6.45) is 5.63. The molecule has 0 unspecified atom stereocenters. The van der Waals surface area contributed by atoms with Crippen molar-refractivity contribution in [3.63, 3.8) is 0 Å². The largest absolute Gasteiger partial charge is 0.351 e. The second-order valence-electron chi connectivity index (χ2n) is 9.18. The number of carbonyl (C=O) groups is 2. The Balaban J connectivity index is 1.72. The van der Waals surface area contributed by atoms with Crippen LogP contribution in [0.25, 0.3) is 0 Å². The van der Waals surface area contributed by atoms with E-state index in [4.69, 9.17) is 0 Å². The molecule has 1 aliphatic carbocycles. The molecule has 2 aliphatic rings.